The first-order chi connectivity index (χ1) is 16.0. The number of nitrogens with zero attached hydrogens (tertiary/aromatic N) is 3. The smallest absolute Gasteiger partial charge is 0.410 e. The normalized spacial score (nSPS) is 16.6. The molecule has 0 spiro atoms. The van der Waals surface area contributed by atoms with Crippen LogP contribution in [-0.4, -0.2) is 58.7 Å². The van der Waals surface area contributed by atoms with Crippen molar-refractivity contribution in [3.05, 3.63) is 53.6 Å². The summed E-state index contributed by atoms with van der Waals surface area (Å²) in [6.45, 7) is 9.55. The number of nitrogens with one attached hydrogen (secondary N) is 2. The summed E-state index contributed by atoms with van der Waals surface area (Å²) in [5.41, 5.74) is 1.79. The van der Waals surface area contributed by atoms with Crippen LogP contribution in [0.2, 0.25) is 0 Å². The minimum Gasteiger partial charge on any atom is -0.444 e. The molecule has 1 atom stereocenters. The van der Waals surface area contributed by atoms with Crippen molar-refractivity contribution < 1.29 is 18.7 Å². The van der Waals surface area contributed by atoms with Crippen molar-refractivity contribution in [2.75, 3.05) is 30.8 Å². The molecule has 3 rings (SSSR count). The van der Waals surface area contributed by atoms with E-state index in [0.29, 0.717) is 18.8 Å². The molecule has 1 aliphatic heterocycles. The van der Waals surface area contributed by atoms with Crippen molar-refractivity contribution in [2.45, 2.75) is 58.7 Å². The second-order valence-electron chi connectivity index (χ2n) is 9.70. The Labute approximate surface area is 200 Å². The topological polar surface area (TPSA) is 86.8 Å². The van der Waals surface area contributed by atoms with Gasteiger partial charge in [0.25, 0.3) is 0 Å². The minimum atomic E-state index is -0.543. The second-order valence-corrected chi connectivity index (χ2v) is 9.70. The van der Waals surface area contributed by atoms with E-state index in [0.717, 1.165) is 30.6 Å². The van der Waals surface area contributed by atoms with E-state index in [1.807, 2.05) is 27.7 Å². The number of likely N-dealkylation sites (N-methyl/N-ethyl adjacent to an activating group) is 1. The van der Waals surface area contributed by atoms with E-state index in [-0.39, 0.29) is 17.8 Å². The average molecular weight is 472 g/mol. The highest BCUT2D eigenvalue weighted by Gasteiger charge is 2.29. The van der Waals surface area contributed by atoms with E-state index in [4.69, 9.17) is 4.74 Å². The summed E-state index contributed by atoms with van der Waals surface area (Å²) >= 11 is 0. The third kappa shape index (κ3) is 7.41. The first kappa shape index (κ1) is 25.4. The number of benzene rings is 1. The Kier molecular flexibility index (Phi) is 8.09. The molecule has 0 radical (unpaired) electrons. The van der Waals surface area contributed by atoms with Gasteiger partial charge >= 0.3 is 12.1 Å². The summed E-state index contributed by atoms with van der Waals surface area (Å²) in [6.07, 6.45) is 3.05. The third-order valence-electron chi connectivity index (χ3n) is 5.56. The maximum atomic E-state index is 14.4. The largest absolute Gasteiger partial charge is 0.444 e. The molecule has 3 amide bonds. The van der Waals surface area contributed by atoms with E-state index < -0.39 is 17.4 Å². The third-order valence-corrected chi connectivity index (χ3v) is 5.56. The number of pyridine rings is 1. The summed E-state index contributed by atoms with van der Waals surface area (Å²) in [6, 6.07) is 7.72. The number of anilines is 2. The van der Waals surface area contributed by atoms with E-state index >= 15 is 0 Å². The number of rotatable bonds is 5. The van der Waals surface area contributed by atoms with Crippen LogP contribution in [0.25, 0.3) is 0 Å². The predicted molar refractivity (Wildman–Crippen MR) is 130 cm³/mol. The molecule has 0 aliphatic carbocycles. The number of amides is 3. The number of aromatic nitrogens is 1. The standard InChI is InChI=1S/C25H34FN5O3/c1-17-8-10-19(14-27-17)28-23(32)29-22-13-18(9-11-21(22)26)15-31-12-6-7-20(16-31)30(5)24(33)34-25(2,3)4/h8-11,13-14,20H,6-7,12,15-16H2,1-5H3,(H2,28,29,32)/t20-/m0/s1. The number of likely N-dealkylation sites (tertiary alicyclic amines) is 1. The fourth-order valence-corrected chi connectivity index (χ4v) is 3.83. The van der Waals surface area contributed by atoms with Gasteiger partial charge in [0, 0.05) is 31.9 Å². The zero-order chi connectivity index (χ0) is 24.9. The zero-order valence-corrected chi connectivity index (χ0v) is 20.5. The van der Waals surface area contributed by atoms with Gasteiger partial charge in [-0.15, -0.1) is 0 Å². The highest BCUT2D eigenvalue weighted by Crippen LogP contribution is 2.22. The molecule has 184 valence electrons. The number of urea groups is 1. The van der Waals surface area contributed by atoms with E-state index in [1.54, 1.807) is 42.4 Å². The summed E-state index contributed by atoms with van der Waals surface area (Å²) in [5, 5.41) is 5.23. The van der Waals surface area contributed by atoms with Crippen LogP contribution >= 0.6 is 0 Å². The van der Waals surface area contributed by atoms with Gasteiger partial charge < -0.3 is 20.3 Å². The summed E-state index contributed by atoms with van der Waals surface area (Å²) in [7, 11) is 1.77. The molecule has 2 heterocycles. The monoisotopic (exact) mass is 471 g/mol. The molecule has 1 saturated heterocycles. The lowest BCUT2D eigenvalue weighted by Gasteiger charge is -2.38. The fraction of sp³-hybridized carbons (Fsp3) is 0.480. The van der Waals surface area contributed by atoms with Crippen molar-refractivity contribution in [1.29, 1.82) is 0 Å². The summed E-state index contributed by atoms with van der Waals surface area (Å²) in [4.78, 5) is 32.8. The molecule has 1 aromatic carbocycles. The van der Waals surface area contributed by atoms with Gasteiger partial charge in [-0.3, -0.25) is 9.88 Å². The van der Waals surface area contributed by atoms with Crippen LogP contribution in [0.3, 0.4) is 0 Å². The minimum absolute atomic E-state index is 0.0375. The van der Waals surface area contributed by atoms with Crippen molar-refractivity contribution in [2.24, 2.45) is 0 Å². The van der Waals surface area contributed by atoms with Crippen LogP contribution in [0.15, 0.2) is 36.5 Å². The van der Waals surface area contributed by atoms with Gasteiger partial charge in [-0.1, -0.05) is 6.07 Å². The average Bonchev–Trinajstić information content (AvgIpc) is 2.76. The highest BCUT2D eigenvalue weighted by atomic mass is 19.1. The number of ether oxygens (including phenoxy) is 1. The first-order valence-electron chi connectivity index (χ1n) is 11.5. The Hall–Kier alpha value is -3.20. The van der Waals surface area contributed by atoms with Gasteiger partial charge in [-0.25, -0.2) is 14.0 Å². The van der Waals surface area contributed by atoms with Crippen LogP contribution in [0.5, 0.6) is 0 Å². The van der Waals surface area contributed by atoms with Crippen LogP contribution in [-0.2, 0) is 11.3 Å². The Morgan fingerprint density at radius 2 is 2.00 bits per heavy atom. The van der Waals surface area contributed by atoms with Crippen molar-refractivity contribution in [3.63, 3.8) is 0 Å². The van der Waals surface area contributed by atoms with Crippen LogP contribution in [0, 0.1) is 12.7 Å². The molecule has 2 aromatic rings. The molecule has 1 aliphatic rings. The lowest BCUT2D eigenvalue weighted by Crippen LogP contribution is -2.49. The van der Waals surface area contributed by atoms with Gasteiger partial charge in [0.2, 0.25) is 0 Å². The number of carbonyl (C=O) groups is 2. The quantitative estimate of drug-likeness (QED) is 0.641. The summed E-state index contributed by atoms with van der Waals surface area (Å²) < 4.78 is 19.9. The van der Waals surface area contributed by atoms with Crippen molar-refractivity contribution in [3.8, 4) is 0 Å². The molecule has 8 nitrogen and oxygen atoms in total. The van der Waals surface area contributed by atoms with Crippen LogP contribution < -0.4 is 10.6 Å². The van der Waals surface area contributed by atoms with Crippen molar-refractivity contribution >= 4 is 23.5 Å². The predicted octanol–water partition coefficient (Wildman–Crippen LogP) is 5.00. The maximum absolute atomic E-state index is 14.4. The fourth-order valence-electron chi connectivity index (χ4n) is 3.83. The number of carbonyl (C=O) groups excluding carboxylic acids is 2. The molecule has 1 aromatic heterocycles. The molecule has 0 saturated carbocycles. The second kappa shape index (κ2) is 10.8. The van der Waals surface area contributed by atoms with Gasteiger partial charge in [-0.05, 0) is 76.9 Å². The number of hydrogen-bond donors (Lipinski definition) is 2. The Bertz CT molecular complexity index is 1010. The van der Waals surface area contributed by atoms with E-state index in [2.05, 4.69) is 20.5 Å². The lowest BCUT2D eigenvalue weighted by atomic mass is 10.0. The first-order valence-corrected chi connectivity index (χ1v) is 11.5. The molecule has 9 heteroatoms. The molecular weight excluding hydrogens is 437 g/mol. The Morgan fingerprint density at radius 3 is 2.68 bits per heavy atom. The van der Waals surface area contributed by atoms with Gasteiger partial charge in [0.15, 0.2) is 0 Å². The van der Waals surface area contributed by atoms with E-state index in [9.17, 15) is 14.0 Å². The zero-order valence-electron chi connectivity index (χ0n) is 20.5. The SMILES string of the molecule is Cc1ccc(NC(=O)Nc2cc(CN3CCC[C@H](N(C)C(=O)OC(C)(C)C)C3)ccc2F)cn1. The van der Waals surface area contributed by atoms with Gasteiger partial charge in [-0.2, -0.15) is 0 Å². The molecule has 0 bridgehead atoms. The molecule has 34 heavy (non-hydrogen) atoms. The highest BCUT2D eigenvalue weighted by molar-refractivity contribution is 5.99. The number of piperidine rings is 1. The van der Waals surface area contributed by atoms with Gasteiger partial charge in [0.1, 0.15) is 11.4 Å². The number of hydrogen-bond acceptors (Lipinski definition) is 5. The van der Waals surface area contributed by atoms with Crippen molar-refractivity contribution in [1.82, 2.24) is 14.8 Å². The summed E-state index contributed by atoms with van der Waals surface area (Å²) in [5.74, 6) is -0.512. The Morgan fingerprint density at radius 1 is 1.24 bits per heavy atom. The maximum Gasteiger partial charge on any atom is 0.410 e. The lowest BCUT2D eigenvalue weighted by molar-refractivity contribution is 0.0130. The number of halogens is 1. The molecule has 2 N–H and O–H groups in total. The molecule has 1 fully saturated rings. The molecular formula is C25H34FN5O3. The van der Waals surface area contributed by atoms with E-state index in [1.165, 1.54) is 6.07 Å². The van der Waals surface area contributed by atoms with Crippen LogP contribution in [0.4, 0.5) is 25.4 Å². The van der Waals surface area contributed by atoms with Gasteiger partial charge in [0.05, 0.1) is 17.6 Å². The molecule has 0 unspecified atom stereocenters. The Balaban J connectivity index is 1.60. The van der Waals surface area contributed by atoms with Crippen LogP contribution in [0.1, 0.15) is 44.9 Å². The number of aryl methyl sites for hydroxylation is 1.